The van der Waals surface area contributed by atoms with Gasteiger partial charge in [0.2, 0.25) is 5.91 Å². The van der Waals surface area contributed by atoms with Crippen molar-refractivity contribution in [1.82, 2.24) is 5.32 Å². The molecule has 0 aromatic rings. The molecule has 19 heteroatoms. The highest BCUT2D eigenvalue weighted by molar-refractivity contribution is 5.76. The molecule has 0 aromatic heterocycles. The van der Waals surface area contributed by atoms with Gasteiger partial charge < -0.3 is 89.9 Å². The second-order valence-electron chi connectivity index (χ2n) is 27.4. The number of allylic oxidation sites excluding steroid dienone is 19. The van der Waals surface area contributed by atoms with Crippen molar-refractivity contribution in [2.24, 2.45) is 0 Å². The molecule has 0 aromatic carbocycles. The molecule has 1 amide bonds. The summed E-state index contributed by atoms with van der Waals surface area (Å²) in [7, 11) is 0. The Morgan fingerprint density at radius 2 is 0.693 bits per heavy atom. The SMILES string of the molecule is CC/C=C\C/C=C\C/C=C\C/C=C\C/C=C\C/C=C\C/C=C\C/C=C\CCCCCCCCCCCCCCCCC(=O)NC(COC1OC(CO)C(OC2OC(CO)C(OC3OC(CO)C(O)C(O)C3O)C(O)C2O)C(O)C1O)C(O)/C=C/CC/C=C/CCCCCCCCCCCCC. The van der Waals surface area contributed by atoms with E-state index < -0.39 is 124 Å². The number of nitrogens with one attached hydrogen (secondary N) is 1. The van der Waals surface area contributed by atoms with Gasteiger partial charge in [-0.3, -0.25) is 4.79 Å². The lowest BCUT2D eigenvalue weighted by molar-refractivity contribution is -0.379. The number of hydrogen-bond donors (Lipinski definition) is 12. The summed E-state index contributed by atoms with van der Waals surface area (Å²) in [6.45, 7) is 1.60. The van der Waals surface area contributed by atoms with Crippen LogP contribution in [0.3, 0.4) is 0 Å². The third kappa shape index (κ3) is 41.6. The van der Waals surface area contributed by atoms with E-state index in [1.165, 1.54) is 122 Å². The van der Waals surface area contributed by atoms with Crippen LogP contribution in [0.5, 0.6) is 0 Å². The zero-order chi connectivity index (χ0) is 73.2. The Balaban J connectivity index is 1.34. The molecule has 0 bridgehead atoms. The molecule has 0 saturated carbocycles. The molecule has 0 aliphatic carbocycles. The number of aliphatic hydroxyl groups excluding tert-OH is 11. The van der Waals surface area contributed by atoms with Gasteiger partial charge in [0.25, 0.3) is 0 Å². The van der Waals surface area contributed by atoms with E-state index in [4.69, 9.17) is 28.4 Å². The highest BCUT2D eigenvalue weighted by Crippen LogP contribution is 2.33. The van der Waals surface area contributed by atoms with Crippen LogP contribution in [0.15, 0.2) is 122 Å². The number of carbonyl (C=O) groups is 1. The molecule has 0 spiro atoms. The molecule has 3 heterocycles. The summed E-state index contributed by atoms with van der Waals surface area (Å²) in [4.78, 5) is 13.4. The Hall–Kier alpha value is -3.81. The Labute approximate surface area is 608 Å². The van der Waals surface area contributed by atoms with Crippen molar-refractivity contribution in [3.05, 3.63) is 122 Å². The van der Waals surface area contributed by atoms with Gasteiger partial charge in [-0.05, 0) is 96.3 Å². The van der Waals surface area contributed by atoms with Crippen LogP contribution in [0.25, 0.3) is 0 Å². The number of ether oxygens (including phenoxy) is 6. The lowest BCUT2D eigenvalue weighted by atomic mass is 9.96. The average molecular weight is 1430 g/mol. The van der Waals surface area contributed by atoms with Crippen molar-refractivity contribution < 1.29 is 89.4 Å². The normalized spacial score (nSPS) is 27.0. The molecule has 0 radical (unpaired) electrons. The van der Waals surface area contributed by atoms with Gasteiger partial charge in [-0.2, -0.15) is 0 Å². The number of amides is 1. The molecule has 3 rings (SSSR count). The molecule has 17 unspecified atom stereocenters. The average Bonchev–Trinajstić information content (AvgIpc) is 0.792. The number of aliphatic hydroxyl groups is 11. The van der Waals surface area contributed by atoms with Crippen LogP contribution >= 0.6 is 0 Å². The van der Waals surface area contributed by atoms with Gasteiger partial charge in [-0.15, -0.1) is 0 Å². The van der Waals surface area contributed by atoms with Crippen molar-refractivity contribution in [3.8, 4) is 0 Å². The number of rotatable bonds is 60. The van der Waals surface area contributed by atoms with Crippen molar-refractivity contribution in [3.63, 3.8) is 0 Å². The number of carbonyl (C=O) groups excluding carboxylic acids is 1. The fraction of sp³-hybridized carbons (Fsp3) is 0.744. The first-order valence-corrected chi connectivity index (χ1v) is 39.3. The molecular weight excluding hydrogens is 1290 g/mol. The van der Waals surface area contributed by atoms with Crippen LogP contribution in [0, 0.1) is 0 Å². The molecule has 3 saturated heterocycles. The smallest absolute Gasteiger partial charge is 0.220 e. The van der Waals surface area contributed by atoms with Crippen LogP contribution in [0.4, 0.5) is 0 Å². The summed E-state index contributed by atoms with van der Waals surface area (Å²) in [5.74, 6) is -0.289. The fourth-order valence-corrected chi connectivity index (χ4v) is 12.5. The molecule has 19 nitrogen and oxygen atoms in total. The van der Waals surface area contributed by atoms with E-state index in [0.717, 1.165) is 103 Å². The van der Waals surface area contributed by atoms with E-state index in [1.54, 1.807) is 6.08 Å². The molecule has 17 atom stereocenters. The van der Waals surface area contributed by atoms with Gasteiger partial charge >= 0.3 is 0 Å². The van der Waals surface area contributed by atoms with Crippen LogP contribution in [0.2, 0.25) is 0 Å². The number of hydrogen-bond acceptors (Lipinski definition) is 18. The van der Waals surface area contributed by atoms with Gasteiger partial charge in [0.15, 0.2) is 18.9 Å². The predicted molar refractivity (Wildman–Crippen MR) is 401 cm³/mol. The fourth-order valence-electron chi connectivity index (χ4n) is 12.5. The quantitative estimate of drug-likeness (QED) is 0.0199. The molecule has 3 fully saturated rings. The Bertz CT molecular complexity index is 2300. The summed E-state index contributed by atoms with van der Waals surface area (Å²) in [6.07, 6.45) is 59.0. The van der Waals surface area contributed by atoms with Crippen LogP contribution in [-0.2, 0) is 33.2 Å². The highest BCUT2D eigenvalue weighted by Gasteiger charge is 2.53. The molecule has 3 aliphatic rings. The zero-order valence-corrected chi connectivity index (χ0v) is 61.8. The highest BCUT2D eigenvalue weighted by atomic mass is 16.8. The van der Waals surface area contributed by atoms with Gasteiger partial charge in [0.1, 0.15) is 73.2 Å². The molecule has 3 aliphatic heterocycles. The molecule has 101 heavy (non-hydrogen) atoms. The van der Waals surface area contributed by atoms with Crippen LogP contribution in [0.1, 0.15) is 258 Å². The van der Waals surface area contributed by atoms with Gasteiger partial charge in [0, 0.05) is 6.42 Å². The zero-order valence-electron chi connectivity index (χ0n) is 61.8. The van der Waals surface area contributed by atoms with Gasteiger partial charge in [-0.1, -0.05) is 277 Å². The lowest BCUT2D eigenvalue weighted by Gasteiger charge is -2.48. The van der Waals surface area contributed by atoms with E-state index in [1.807, 2.05) is 6.08 Å². The van der Waals surface area contributed by atoms with E-state index in [2.05, 4.69) is 129 Å². The summed E-state index contributed by atoms with van der Waals surface area (Å²) < 4.78 is 34.4. The monoisotopic (exact) mass is 1430 g/mol. The minimum atomic E-state index is -1.99. The molecule has 580 valence electrons. The first-order valence-electron chi connectivity index (χ1n) is 39.3. The maximum absolute atomic E-state index is 13.4. The van der Waals surface area contributed by atoms with Crippen molar-refractivity contribution in [1.29, 1.82) is 0 Å². The second-order valence-corrected chi connectivity index (χ2v) is 27.4. The van der Waals surface area contributed by atoms with Crippen molar-refractivity contribution in [2.75, 3.05) is 26.4 Å². The van der Waals surface area contributed by atoms with E-state index in [-0.39, 0.29) is 18.9 Å². The van der Waals surface area contributed by atoms with Crippen molar-refractivity contribution >= 4 is 5.91 Å². The minimum Gasteiger partial charge on any atom is -0.394 e. The maximum atomic E-state index is 13.4. The number of unbranched alkanes of at least 4 members (excludes halogenated alkanes) is 26. The maximum Gasteiger partial charge on any atom is 0.220 e. The summed E-state index contributed by atoms with van der Waals surface area (Å²) >= 11 is 0. The Morgan fingerprint density at radius 1 is 0.366 bits per heavy atom. The first kappa shape index (κ1) is 91.4. The summed E-state index contributed by atoms with van der Waals surface area (Å²) in [6, 6.07) is -0.997. The van der Waals surface area contributed by atoms with Gasteiger partial charge in [0.05, 0.1) is 38.6 Å². The minimum absolute atomic E-state index is 0.229. The Morgan fingerprint density at radius 3 is 1.11 bits per heavy atom. The largest absolute Gasteiger partial charge is 0.394 e. The molecular formula is C82H139NO18. The van der Waals surface area contributed by atoms with E-state index in [9.17, 15) is 61.0 Å². The van der Waals surface area contributed by atoms with Crippen LogP contribution < -0.4 is 5.32 Å². The third-order valence-corrected chi connectivity index (χ3v) is 18.7. The predicted octanol–water partition coefficient (Wildman–Crippen LogP) is 12.7. The first-order chi connectivity index (χ1) is 49.3. The standard InChI is InChI=1S/C82H139NO18/c1-3-5-7-9-11-13-15-17-19-21-22-23-24-25-26-27-28-29-30-31-32-33-34-35-36-37-38-39-40-41-42-44-46-48-50-52-54-56-58-60-70(88)83-65(66(87)59-57-55-53-51-49-47-45-43-20-18-16-14-12-10-8-6-4-2)64-96-80-76(94)73(91)78(68(62-85)98-80)101-82-77(95)74(92)79(69(63-86)99-82)100-81-75(93)72(90)71(89)67(61-84)97-81/h5,7,11,13,17,19,22-23,25-26,28-29,31-32,34-35,49,51,57,59,65-69,71-82,84-87,89-95H,3-4,6,8-10,12,14-16,18,20-21,24,27,30,33,36-48,50,52-56,58,60-64H2,1-2H3,(H,83,88)/b7-5-,13-11-,19-17-,23-22-,26-25-,29-28-,32-31-,35-34-,51-49+,59-57+. The topological polar surface area (TPSA) is 307 Å². The van der Waals surface area contributed by atoms with E-state index in [0.29, 0.717) is 12.8 Å². The third-order valence-electron chi connectivity index (χ3n) is 18.7. The lowest BCUT2D eigenvalue weighted by Crippen LogP contribution is -2.66. The summed E-state index contributed by atoms with van der Waals surface area (Å²) in [5, 5.41) is 121. The van der Waals surface area contributed by atoms with E-state index >= 15 is 0 Å². The van der Waals surface area contributed by atoms with Crippen LogP contribution in [-0.4, -0.2) is 193 Å². The van der Waals surface area contributed by atoms with Gasteiger partial charge in [-0.25, -0.2) is 0 Å². The van der Waals surface area contributed by atoms with Crippen molar-refractivity contribution in [2.45, 2.75) is 362 Å². The molecule has 12 N–H and O–H groups in total. The second kappa shape index (κ2) is 61.4. The summed E-state index contributed by atoms with van der Waals surface area (Å²) in [5.41, 5.74) is 0. The Kier molecular flexibility index (Phi) is 55.5.